The first-order valence-electron chi connectivity index (χ1n) is 5.39. The van der Waals surface area contributed by atoms with Crippen LogP contribution in [0, 0.1) is 0 Å². The number of thioether (sulfide) groups is 1. The smallest absolute Gasteiger partial charge is 0.311 e. The fourth-order valence-electron chi connectivity index (χ4n) is 1.87. The fraction of sp³-hybridized carbons (Fsp3) is 0.444. The number of anilines is 1. The van der Waals surface area contributed by atoms with E-state index in [-0.39, 0.29) is 33.2 Å². The summed E-state index contributed by atoms with van der Waals surface area (Å²) in [6, 6.07) is 0. The monoisotopic (exact) mass is 302 g/mol. The van der Waals surface area contributed by atoms with E-state index in [1.807, 2.05) is 0 Å². The molecule has 3 rings (SSSR count). The average molecular weight is 302 g/mol. The molecule has 3 heterocycles. The van der Waals surface area contributed by atoms with Gasteiger partial charge in [-0.25, -0.2) is 0 Å². The highest BCUT2D eigenvalue weighted by molar-refractivity contribution is 8.00. The summed E-state index contributed by atoms with van der Waals surface area (Å²) in [5, 5.41) is 9.03. The van der Waals surface area contributed by atoms with Gasteiger partial charge in [0.25, 0.3) is 5.56 Å². The minimum atomic E-state index is -0.544. The van der Waals surface area contributed by atoms with Crippen molar-refractivity contribution in [3.05, 3.63) is 20.0 Å². The van der Waals surface area contributed by atoms with Crippen molar-refractivity contribution >= 4 is 39.4 Å². The SMILES string of the molecule is Nc1nc2c(sc(=O)n2C2CSC(CO)O2)c(=O)[nH]1. The Morgan fingerprint density at radius 1 is 1.58 bits per heavy atom. The first-order valence-corrected chi connectivity index (χ1v) is 7.25. The van der Waals surface area contributed by atoms with Crippen molar-refractivity contribution in [1.29, 1.82) is 0 Å². The lowest BCUT2D eigenvalue weighted by Crippen LogP contribution is -2.23. The molecule has 0 bridgehead atoms. The third kappa shape index (κ3) is 2.06. The largest absolute Gasteiger partial charge is 0.393 e. The van der Waals surface area contributed by atoms with E-state index in [9.17, 15) is 9.59 Å². The molecule has 0 amide bonds. The zero-order chi connectivity index (χ0) is 13.6. The van der Waals surface area contributed by atoms with Crippen LogP contribution in [0.2, 0.25) is 0 Å². The lowest BCUT2D eigenvalue weighted by atomic mass is 10.5. The molecule has 10 heteroatoms. The highest BCUT2D eigenvalue weighted by Crippen LogP contribution is 2.32. The molecule has 8 nitrogen and oxygen atoms in total. The van der Waals surface area contributed by atoms with E-state index in [0.29, 0.717) is 5.75 Å². The number of nitrogens with two attached hydrogens (primary N) is 1. The zero-order valence-corrected chi connectivity index (χ0v) is 11.2. The highest BCUT2D eigenvalue weighted by Gasteiger charge is 2.30. The Hall–Kier alpha value is -1.36. The average Bonchev–Trinajstić information content (AvgIpc) is 2.93. The second kappa shape index (κ2) is 4.63. The van der Waals surface area contributed by atoms with Crippen LogP contribution < -0.4 is 16.2 Å². The number of thiazole rings is 1. The molecule has 2 aromatic rings. The van der Waals surface area contributed by atoms with E-state index >= 15 is 0 Å². The third-order valence-electron chi connectivity index (χ3n) is 2.66. The Kier molecular flexibility index (Phi) is 3.09. The minimum absolute atomic E-state index is 0.0478. The van der Waals surface area contributed by atoms with E-state index < -0.39 is 11.8 Å². The van der Waals surface area contributed by atoms with Gasteiger partial charge in [0.05, 0.1) is 6.61 Å². The number of hydrogen-bond acceptors (Lipinski definition) is 8. The second-order valence-electron chi connectivity index (χ2n) is 3.88. The molecule has 1 aliphatic heterocycles. The predicted octanol–water partition coefficient (Wildman–Crippen LogP) is -0.691. The number of rotatable bonds is 2. The number of aliphatic hydroxyl groups excluding tert-OH is 1. The zero-order valence-electron chi connectivity index (χ0n) is 9.53. The molecule has 1 saturated heterocycles. The van der Waals surface area contributed by atoms with Crippen molar-refractivity contribution in [3.8, 4) is 0 Å². The van der Waals surface area contributed by atoms with Crippen molar-refractivity contribution in [2.75, 3.05) is 18.1 Å². The Morgan fingerprint density at radius 2 is 2.37 bits per heavy atom. The number of nitrogens with zero attached hydrogens (tertiary/aromatic N) is 2. The van der Waals surface area contributed by atoms with Crippen LogP contribution >= 0.6 is 23.1 Å². The number of aliphatic hydroxyl groups is 1. The molecule has 0 saturated carbocycles. The maximum absolute atomic E-state index is 12.0. The first kappa shape index (κ1) is 12.7. The first-order chi connectivity index (χ1) is 9.10. The fourth-order valence-corrected chi connectivity index (χ4v) is 3.65. The Morgan fingerprint density at radius 3 is 3.05 bits per heavy atom. The summed E-state index contributed by atoms with van der Waals surface area (Å²) < 4.78 is 7.05. The van der Waals surface area contributed by atoms with Gasteiger partial charge in [0.15, 0.2) is 5.65 Å². The van der Waals surface area contributed by atoms with Gasteiger partial charge in [-0.3, -0.25) is 19.1 Å². The third-order valence-corrected chi connectivity index (χ3v) is 4.72. The van der Waals surface area contributed by atoms with Gasteiger partial charge in [0, 0.05) is 5.75 Å². The van der Waals surface area contributed by atoms with Gasteiger partial charge in [-0.1, -0.05) is 11.3 Å². The van der Waals surface area contributed by atoms with E-state index in [1.54, 1.807) is 0 Å². The summed E-state index contributed by atoms with van der Waals surface area (Å²) in [6.45, 7) is -0.131. The lowest BCUT2D eigenvalue weighted by Gasteiger charge is -2.12. The minimum Gasteiger partial charge on any atom is -0.393 e. The van der Waals surface area contributed by atoms with Gasteiger partial charge >= 0.3 is 4.87 Å². The van der Waals surface area contributed by atoms with Crippen LogP contribution in [0.5, 0.6) is 0 Å². The van der Waals surface area contributed by atoms with Crippen LogP contribution in [0.1, 0.15) is 6.23 Å². The molecule has 2 atom stereocenters. The van der Waals surface area contributed by atoms with Crippen LogP contribution in [0.3, 0.4) is 0 Å². The van der Waals surface area contributed by atoms with Gasteiger partial charge < -0.3 is 15.6 Å². The number of hydrogen-bond donors (Lipinski definition) is 3. The quantitative estimate of drug-likeness (QED) is 0.670. The molecule has 0 aliphatic carbocycles. The van der Waals surface area contributed by atoms with Crippen LogP contribution in [0.25, 0.3) is 10.3 Å². The predicted molar refractivity (Wildman–Crippen MR) is 72.4 cm³/mol. The van der Waals surface area contributed by atoms with E-state index in [0.717, 1.165) is 11.3 Å². The number of nitrogen functional groups attached to an aromatic ring is 1. The van der Waals surface area contributed by atoms with Crippen LogP contribution in [0.4, 0.5) is 5.95 Å². The highest BCUT2D eigenvalue weighted by atomic mass is 32.2. The number of aromatic amines is 1. The molecule has 0 spiro atoms. The molecular weight excluding hydrogens is 292 g/mol. The molecule has 102 valence electrons. The topological polar surface area (TPSA) is 123 Å². The number of ether oxygens (including phenoxy) is 1. The number of nitrogens with one attached hydrogen (secondary N) is 1. The van der Waals surface area contributed by atoms with Crippen molar-refractivity contribution in [3.63, 3.8) is 0 Å². The van der Waals surface area contributed by atoms with Crippen molar-refractivity contribution < 1.29 is 9.84 Å². The summed E-state index contributed by atoms with van der Waals surface area (Å²) >= 11 is 2.21. The lowest BCUT2D eigenvalue weighted by molar-refractivity contribution is -0.00274. The summed E-state index contributed by atoms with van der Waals surface area (Å²) in [7, 11) is 0. The van der Waals surface area contributed by atoms with Gasteiger partial charge in [-0.2, -0.15) is 4.98 Å². The van der Waals surface area contributed by atoms with Crippen LogP contribution in [-0.4, -0.2) is 37.4 Å². The maximum atomic E-state index is 12.0. The van der Waals surface area contributed by atoms with Gasteiger partial charge in [-0.05, 0) is 0 Å². The van der Waals surface area contributed by atoms with Crippen LogP contribution in [-0.2, 0) is 4.74 Å². The standard InChI is InChI=1S/C9H10N4O4S2/c10-8-11-6-5(7(15)12-8)19-9(16)13(6)3-2-18-4(1-14)17-3/h3-4,14H,1-2H2,(H3,10,11,12,15). The molecule has 2 aromatic heterocycles. The Labute approximate surface area is 114 Å². The Bertz CT molecular complexity index is 736. The van der Waals surface area contributed by atoms with E-state index in [2.05, 4.69) is 9.97 Å². The van der Waals surface area contributed by atoms with Gasteiger partial charge in [-0.15, -0.1) is 11.8 Å². The maximum Gasteiger partial charge on any atom is 0.311 e. The number of fused-ring (bicyclic) bond motifs is 1. The molecule has 0 radical (unpaired) electrons. The molecule has 1 fully saturated rings. The Balaban J connectivity index is 2.16. The van der Waals surface area contributed by atoms with Crippen molar-refractivity contribution in [2.24, 2.45) is 0 Å². The van der Waals surface area contributed by atoms with Gasteiger partial charge in [0.2, 0.25) is 5.95 Å². The summed E-state index contributed by atoms with van der Waals surface area (Å²) in [6.07, 6.45) is -0.544. The van der Waals surface area contributed by atoms with Crippen LogP contribution in [0.15, 0.2) is 9.59 Å². The normalized spacial score (nSPS) is 23.2. The van der Waals surface area contributed by atoms with Crippen molar-refractivity contribution in [2.45, 2.75) is 11.7 Å². The van der Waals surface area contributed by atoms with Gasteiger partial charge in [0.1, 0.15) is 16.4 Å². The molecule has 1 aliphatic rings. The summed E-state index contributed by atoms with van der Waals surface area (Å²) in [4.78, 5) is 29.7. The molecule has 0 aromatic carbocycles. The van der Waals surface area contributed by atoms with Crippen molar-refractivity contribution in [1.82, 2.24) is 14.5 Å². The summed E-state index contributed by atoms with van der Waals surface area (Å²) in [5.74, 6) is 0.458. The van der Waals surface area contributed by atoms with E-state index in [1.165, 1.54) is 16.3 Å². The number of H-pyrrole nitrogens is 1. The molecule has 19 heavy (non-hydrogen) atoms. The van der Waals surface area contributed by atoms with E-state index in [4.69, 9.17) is 15.6 Å². The number of aromatic nitrogens is 3. The second-order valence-corrected chi connectivity index (χ2v) is 6.03. The molecule has 2 unspecified atom stereocenters. The molecule has 4 N–H and O–H groups in total. The molecular formula is C9H10N4O4S2. The summed E-state index contributed by atoms with van der Waals surface area (Å²) in [5.41, 5.74) is 4.91.